The molecule has 3 aromatic rings. The zero-order valence-electron chi connectivity index (χ0n) is 19.1. The Hall–Kier alpha value is -4.18. The van der Waals surface area contributed by atoms with E-state index in [0.717, 1.165) is 10.5 Å². The summed E-state index contributed by atoms with van der Waals surface area (Å²) >= 11 is 3.41. The van der Waals surface area contributed by atoms with E-state index in [9.17, 15) is 18.8 Å². The monoisotopic (exact) mass is 553 g/mol. The van der Waals surface area contributed by atoms with Gasteiger partial charge in [-0.15, -0.1) is 0 Å². The first-order valence-corrected chi connectivity index (χ1v) is 11.6. The van der Waals surface area contributed by atoms with Crippen LogP contribution in [-0.2, 0) is 16.1 Å². The maximum absolute atomic E-state index is 13.0. The molecular weight excluding hydrogens is 533 g/mol. The fourth-order valence-corrected chi connectivity index (χ4v) is 4.05. The maximum atomic E-state index is 13.0. The van der Waals surface area contributed by atoms with Gasteiger partial charge in [-0.2, -0.15) is 0 Å². The van der Waals surface area contributed by atoms with Crippen LogP contribution in [0.4, 0.5) is 14.9 Å². The summed E-state index contributed by atoms with van der Waals surface area (Å²) in [4.78, 5) is 38.6. The number of anilines is 1. The fraction of sp³-hybridized carbons (Fsp3) is 0.115. The zero-order valence-corrected chi connectivity index (χ0v) is 20.7. The third kappa shape index (κ3) is 5.89. The van der Waals surface area contributed by atoms with Gasteiger partial charge in [-0.25, -0.2) is 9.18 Å². The molecule has 0 radical (unpaired) electrons. The highest BCUT2D eigenvalue weighted by Crippen LogP contribution is 2.37. The van der Waals surface area contributed by atoms with Crippen molar-refractivity contribution in [3.8, 4) is 11.5 Å². The lowest BCUT2D eigenvalue weighted by molar-refractivity contribution is -0.123. The predicted molar refractivity (Wildman–Crippen MR) is 135 cm³/mol. The van der Waals surface area contributed by atoms with Crippen molar-refractivity contribution in [1.29, 1.82) is 0 Å². The molecular formula is C26H21BrFN3O5. The van der Waals surface area contributed by atoms with Gasteiger partial charge in [-0.3, -0.25) is 14.5 Å². The first kappa shape index (κ1) is 24.9. The van der Waals surface area contributed by atoms with Crippen molar-refractivity contribution < 1.29 is 28.2 Å². The Morgan fingerprint density at radius 2 is 1.83 bits per heavy atom. The van der Waals surface area contributed by atoms with Crippen LogP contribution in [0.3, 0.4) is 0 Å². The number of nitrogens with one attached hydrogen (secondary N) is 2. The van der Waals surface area contributed by atoms with Crippen LogP contribution >= 0.6 is 15.9 Å². The van der Waals surface area contributed by atoms with E-state index in [1.165, 1.54) is 37.5 Å². The highest BCUT2D eigenvalue weighted by atomic mass is 79.9. The molecule has 4 rings (SSSR count). The summed E-state index contributed by atoms with van der Waals surface area (Å²) in [6.45, 7) is -0.168. The van der Waals surface area contributed by atoms with E-state index in [4.69, 9.17) is 9.47 Å². The van der Waals surface area contributed by atoms with Crippen LogP contribution in [0, 0.1) is 5.82 Å². The van der Waals surface area contributed by atoms with Crippen LogP contribution in [-0.4, -0.2) is 36.5 Å². The molecule has 4 amide bonds. The second-order valence-corrected chi connectivity index (χ2v) is 8.60. The molecule has 0 aromatic heterocycles. The number of nitrogens with zero attached hydrogens (tertiary/aromatic N) is 1. The second-order valence-electron chi connectivity index (χ2n) is 7.74. The molecule has 0 bridgehead atoms. The molecule has 10 heteroatoms. The number of imide groups is 1. The van der Waals surface area contributed by atoms with Crippen LogP contribution in [0.5, 0.6) is 11.5 Å². The number of carbonyl (C=O) groups is 3. The molecule has 0 spiro atoms. The summed E-state index contributed by atoms with van der Waals surface area (Å²) in [5, 5.41) is 5.20. The molecule has 3 aromatic carbocycles. The molecule has 1 fully saturated rings. The van der Waals surface area contributed by atoms with Crippen LogP contribution in [0.1, 0.15) is 11.1 Å². The molecule has 0 atom stereocenters. The van der Waals surface area contributed by atoms with Crippen LogP contribution < -0.4 is 20.1 Å². The van der Waals surface area contributed by atoms with Gasteiger partial charge in [0.1, 0.15) is 11.5 Å². The minimum absolute atomic E-state index is 0.122. The third-order valence-electron chi connectivity index (χ3n) is 5.18. The van der Waals surface area contributed by atoms with Crippen molar-refractivity contribution in [2.75, 3.05) is 19.0 Å². The average molecular weight is 554 g/mol. The Morgan fingerprint density at radius 1 is 1.11 bits per heavy atom. The Labute approximate surface area is 214 Å². The summed E-state index contributed by atoms with van der Waals surface area (Å²) in [5.41, 5.74) is 1.95. The van der Waals surface area contributed by atoms with Crippen molar-refractivity contribution in [3.63, 3.8) is 0 Å². The summed E-state index contributed by atoms with van der Waals surface area (Å²) in [6, 6.07) is 17.3. The number of halogens is 2. The van der Waals surface area contributed by atoms with E-state index in [2.05, 4.69) is 26.6 Å². The van der Waals surface area contributed by atoms with Crippen molar-refractivity contribution in [1.82, 2.24) is 10.2 Å². The highest BCUT2D eigenvalue weighted by molar-refractivity contribution is 9.10. The number of hydrogen-bond acceptors (Lipinski definition) is 5. The number of hydrogen-bond donors (Lipinski definition) is 2. The standard InChI is InChI=1S/C26H21BrFN3O5/c1-35-22-13-17(12-21-25(33)31(26(34)30-21)14-16-5-3-2-4-6-16)11-20(27)24(22)36-15-23(32)29-19-9-7-18(28)8-10-19/h2-13H,14-15H2,1H3,(H,29,32)(H,30,34)/b21-12+. The molecule has 36 heavy (non-hydrogen) atoms. The minimum atomic E-state index is -0.506. The van der Waals surface area contributed by atoms with Gasteiger partial charge in [0.15, 0.2) is 18.1 Å². The van der Waals surface area contributed by atoms with E-state index in [0.29, 0.717) is 21.5 Å². The Balaban J connectivity index is 1.46. The molecule has 0 unspecified atom stereocenters. The molecule has 1 aliphatic heterocycles. The second kappa shape index (κ2) is 11.0. The SMILES string of the molecule is COc1cc(/C=C2/NC(=O)N(Cc3ccccc3)C2=O)cc(Br)c1OCC(=O)Nc1ccc(F)cc1. The largest absolute Gasteiger partial charge is 0.493 e. The van der Waals surface area contributed by atoms with Crippen molar-refractivity contribution >= 4 is 45.5 Å². The molecule has 1 saturated heterocycles. The number of urea groups is 1. The number of ether oxygens (including phenoxy) is 2. The molecule has 184 valence electrons. The molecule has 1 heterocycles. The molecule has 0 saturated carbocycles. The number of rotatable bonds is 8. The smallest absolute Gasteiger partial charge is 0.329 e. The first-order chi connectivity index (χ1) is 17.3. The average Bonchev–Trinajstić information content (AvgIpc) is 3.12. The predicted octanol–water partition coefficient (Wildman–Crippen LogP) is 4.71. The van der Waals surface area contributed by atoms with Gasteiger partial charge in [-0.05, 0) is 69.5 Å². The number of methoxy groups -OCH3 is 1. The van der Waals surface area contributed by atoms with Crippen LogP contribution in [0.25, 0.3) is 6.08 Å². The van der Waals surface area contributed by atoms with Gasteiger partial charge in [0.2, 0.25) is 0 Å². The number of amides is 4. The van der Waals surface area contributed by atoms with Crippen LogP contribution in [0.2, 0.25) is 0 Å². The normalized spacial score (nSPS) is 14.1. The Morgan fingerprint density at radius 3 is 2.53 bits per heavy atom. The van der Waals surface area contributed by atoms with E-state index in [-0.39, 0.29) is 24.6 Å². The zero-order chi connectivity index (χ0) is 25.7. The summed E-state index contributed by atoms with van der Waals surface area (Å²) in [6.07, 6.45) is 1.53. The lowest BCUT2D eigenvalue weighted by Crippen LogP contribution is -2.30. The maximum Gasteiger partial charge on any atom is 0.329 e. The quantitative estimate of drug-likeness (QED) is 0.311. The van der Waals surface area contributed by atoms with Gasteiger partial charge >= 0.3 is 6.03 Å². The molecule has 0 aliphatic carbocycles. The minimum Gasteiger partial charge on any atom is -0.493 e. The molecule has 2 N–H and O–H groups in total. The van der Waals surface area contributed by atoms with Gasteiger partial charge < -0.3 is 20.1 Å². The summed E-state index contributed by atoms with van der Waals surface area (Å²) in [7, 11) is 1.44. The molecule has 8 nitrogen and oxygen atoms in total. The van der Waals surface area contributed by atoms with Crippen molar-refractivity contribution in [2.45, 2.75) is 6.54 Å². The van der Waals surface area contributed by atoms with Crippen molar-refractivity contribution in [3.05, 3.63) is 93.8 Å². The van der Waals surface area contributed by atoms with E-state index in [1.807, 2.05) is 30.3 Å². The number of benzene rings is 3. The first-order valence-electron chi connectivity index (χ1n) is 10.8. The summed E-state index contributed by atoms with van der Waals surface area (Å²) in [5.74, 6) is -0.711. The summed E-state index contributed by atoms with van der Waals surface area (Å²) < 4.78 is 24.5. The lowest BCUT2D eigenvalue weighted by atomic mass is 10.1. The van der Waals surface area contributed by atoms with Crippen LogP contribution in [0.15, 0.2) is 76.9 Å². The van der Waals surface area contributed by atoms with Gasteiger partial charge in [-0.1, -0.05) is 30.3 Å². The molecule has 1 aliphatic rings. The fourth-order valence-electron chi connectivity index (χ4n) is 3.48. The lowest BCUT2D eigenvalue weighted by Gasteiger charge is -2.14. The van der Waals surface area contributed by atoms with Gasteiger partial charge in [0.25, 0.3) is 11.8 Å². The number of carbonyl (C=O) groups excluding carboxylic acids is 3. The van der Waals surface area contributed by atoms with E-state index in [1.54, 1.807) is 12.1 Å². The van der Waals surface area contributed by atoms with Crippen molar-refractivity contribution in [2.24, 2.45) is 0 Å². The van der Waals surface area contributed by atoms with Gasteiger partial charge in [0, 0.05) is 5.69 Å². The van der Waals surface area contributed by atoms with Gasteiger partial charge in [0.05, 0.1) is 18.1 Å². The highest BCUT2D eigenvalue weighted by Gasteiger charge is 2.33. The Bertz CT molecular complexity index is 1330. The topological polar surface area (TPSA) is 97.0 Å². The van der Waals surface area contributed by atoms with E-state index >= 15 is 0 Å². The third-order valence-corrected chi connectivity index (χ3v) is 5.77. The Kier molecular flexibility index (Phi) is 7.65. The van der Waals surface area contributed by atoms with E-state index < -0.39 is 23.7 Å².